The number of unbranched alkanes of at least 4 members (excludes halogenated alkanes) is 1. The second kappa shape index (κ2) is 9.16. The first-order chi connectivity index (χ1) is 12.3. The van der Waals surface area contributed by atoms with Crippen LogP contribution in [0.3, 0.4) is 0 Å². The third-order valence-electron chi connectivity index (χ3n) is 4.31. The zero-order valence-corrected chi connectivity index (χ0v) is 14.5. The fourth-order valence-electron chi connectivity index (χ4n) is 2.86. The Bertz CT molecular complexity index is 737. The first-order valence-corrected chi connectivity index (χ1v) is 8.94. The van der Waals surface area contributed by atoms with Gasteiger partial charge in [-0.2, -0.15) is 0 Å². The monoisotopic (exact) mass is 334 g/mol. The summed E-state index contributed by atoms with van der Waals surface area (Å²) < 4.78 is 0. The van der Waals surface area contributed by atoms with Crippen molar-refractivity contribution in [1.82, 2.24) is 15.3 Å². The van der Waals surface area contributed by atoms with Gasteiger partial charge in [-0.15, -0.1) is 0 Å². The maximum atomic E-state index is 6.28. The molecule has 4 nitrogen and oxygen atoms in total. The van der Waals surface area contributed by atoms with Crippen molar-refractivity contribution in [3.8, 4) is 11.3 Å². The van der Waals surface area contributed by atoms with Crippen LogP contribution >= 0.6 is 0 Å². The van der Waals surface area contributed by atoms with Gasteiger partial charge in [0.25, 0.3) is 0 Å². The maximum Gasteiger partial charge on any atom is 0.123 e. The van der Waals surface area contributed by atoms with Crippen molar-refractivity contribution >= 4 is 0 Å². The second-order valence-electron chi connectivity index (χ2n) is 6.30. The van der Waals surface area contributed by atoms with Gasteiger partial charge in [-0.1, -0.05) is 67.1 Å². The first kappa shape index (κ1) is 17.4. The SMILES string of the molecule is N[C@@H](CCCCNCc1ccccc1)c1nc(-c2ccccc2)c[nH]1. The maximum absolute atomic E-state index is 6.28. The predicted molar refractivity (Wildman–Crippen MR) is 103 cm³/mol. The summed E-state index contributed by atoms with van der Waals surface area (Å²) in [7, 11) is 0. The van der Waals surface area contributed by atoms with Crippen LogP contribution in [0.25, 0.3) is 11.3 Å². The zero-order chi connectivity index (χ0) is 17.3. The van der Waals surface area contributed by atoms with Crippen LogP contribution in [0.2, 0.25) is 0 Å². The van der Waals surface area contributed by atoms with Crippen molar-refractivity contribution in [3.63, 3.8) is 0 Å². The molecule has 0 aliphatic carbocycles. The normalized spacial score (nSPS) is 12.2. The molecule has 0 spiro atoms. The van der Waals surface area contributed by atoms with Crippen LogP contribution < -0.4 is 11.1 Å². The van der Waals surface area contributed by atoms with Gasteiger partial charge in [-0.05, 0) is 24.9 Å². The van der Waals surface area contributed by atoms with Gasteiger partial charge in [0.05, 0.1) is 11.7 Å². The zero-order valence-electron chi connectivity index (χ0n) is 14.5. The van der Waals surface area contributed by atoms with Crippen molar-refractivity contribution in [1.29, 1.82) is 0 Å². The smallest absolute Gasteiger partial charge is 0.123 e. The van der Waals surface area contributed by atoms with E-state index in [4.69, 9.17) is 5.73 Å². The van der Waals surface area contributed by atoms with Crippen LogP contribution in [0, 0.1) is 0 Å². The highest BCUT2D eigenvalue weighted by Gasteiger charge is 2.11. The van der Waals surface area contributed by atoms with Gasteiger partial charge < -0.3 is 16.0 Å². The van der Waals surface area contributed by atoms with Crippen LogP contribution in [0.4, 0.5) is 0 Å². The average molecular weight is 334 g/mol. The Morgan fingerprint density at radius 2 is 1.68 bits per heavy atom. The van der Waals surface area contributed by atoms with Gasteiger partial charge in [-0.3, -0.25) is 0 Å². The third kappa shape index (κ3) is 5.28. The van der Waals surface area contributed by atoms with E-state index in [-0.39, 0.29) is 6.04 Å². The molecule has 0 amide bonds. The van der Waals surface area contributed by atoms with Gasteiger partial charge in [-0.25, -0.2) is 4.98 Å². The molecule has 3 aromatic rings. The van der Waals surface area contributed by atoms with E-state index in [9.17, 15) is 0 Å². The molecule has 3 rings (SSSR count). The first-order valence-electron chi connectivity index (χ1n) is 8.94. The number of aromatic amines is 1. The van der Waals surface area contributed by atoms with Crippen LogP contribution in [0.15, 0.2) is 66.9 Å². The van der Waals surface area contributed by atoms with Crippen LogP contribution in [0.1, 0.15) is 36.7 Å². The summed E-state index contributed by atoms with van der Waals surface area (Å²) in [5, 5.41) is 3.48. The van der Waals surface area contributed by atoms with E-state index in [1.54, 1.807) is 0 Å². The Morgan fingerprint density at radius 3 is 2.44 bits per heavy atom. The minimum Gasteiger partial charge on any atom is -0.347 e. The Hall–Kier alpha value is -2.43. The molecular formula is C21H26N4. The van der Waals surface area contributed by atoms with E-state index >= 15 is 0 Å². The lowest BCUT2D eigenvalue weighted by Gasteiger charge is -2.09. The number of benzene rings is 2. The molecule has 0 saturated carbocycles. The molecule has 4 N–H and O–H groups in total. The molecule has 1 heterocycles. The summed E-state index contributed by atoms with van der Waals surface area (Å²) >= 11 is 0. The lowest BCUT2D eigenvalue weighted by molar-refractivity contribution is 0.543. The van der Waals surface area contributed by atoms with Crippen molar-refractivity contribution < 1.29 is 0 Å². The number of nitrogens with one attached hydrogen (secondary N) is 2. The highest BCUT2D eigenvalue weighted by Crippen LogP contribution is 2.20. The highest BCUT2D eigenvalue weighted by atomic mass is 15.0. The molecule has 0 unspecified atom stereocenters. The van der Waals surface area contributed by atoms with Gasteiger partial charge in [0.2, 0.25) is 0 Å². The number of aromatic nitrogens is 2. The third-order valence-corrected chi connectivity index (χ3v) is 4.31. The fraction of sp³-hybridized carbons (Fsp3) is 0.286. The summed E-state index contributed by atoms with van der Waals surface area (Å²) in [4.78, 5) is 7.86. The average Bonchev–Trinajstić information content (AvgIpc) is 3.16. The molecule has 4 heteroatoms. The molecule has 0 aliphatic heterocycles. The highest BCUT2D eigenvalue weighted by molar-refractivity contribution is 5.58. The second-order valence-corrected chi connectivity index (χ2v) is 6.30. The number of imidazole rings is 1. The number of nitrogens with zero attached hydrogens (tertiary/aromatic N) is 1. The lowest BCUT2D eigenvalue weighted by atomic mass is 10.1. The van der Waals surface area contributed by atoms with E-state index in [1.807, 2.05) is 30.5 Å². The van der Waals surface area contributed by atoms with Gasteiger partial charge >= 0.3 is 0 Å². The van der Waals surface area contributed by atoms with E-state index in [0.717, 1.165) is 49.4 Å². The van der Waals surface area contributed by atoms with Crippen LogP contribution in [0.5, 0.6) is 0 Å². The van der Waals surface area contributed by atoms with Crippen molar-refractivity contribution in [3.05, 3.63) is 78.2 Å². The minimum atomic E-state index is -0.0356. The van der Waals surface area contributed by atoms with Crippen molar-refractivity contribution in [2.75, 3.05) is 6.54 Å². The van der Waals surface area contributed by atoms with Crippen molar-refractivity contribution in [2.45, 2.75) is 31.8 Å². The Labute approximate surface area is 149 Å². The largest absolute Gasteiger partial charge is 0.347 e. The number of hydrogen-bond donors (Lipinski definition) is 3. The molecule has 25 heavy (non-hydrogen) atoms. The number of rotatable bonds is 9. The molecule has 1 aromatic heterocycles. The van der Waals surface area contributed by atoms with Gasteiger partial charge in [0, 0.05) is 18.3 Å². The Kier molecular flexibility index (Phi) is 6.37. The quantitative estimate of drug-likeness (QED) is 0.517. The van der Waals surface area contributed by atoms with Gasteiger partial charge in [0.15, 0.2) is 0 Å². The van der Waals surface area contributed by atoms with E-state index < -0.39 is 0 Å². The Morgan fingerprint density at radius 1 is 0.960 bits per heavy atom. The predicted octanol–water partition coefficient (Wildman–Crippen LogP) is 4.04. The standard InChI is InChI=1S/C21H26N4/c22-19(13-7-8-14-23-15-17-9-3-1-4-10-17)21-24-16-20(25-21)18-11-5-2-6-12-18/h1-6,9-12,16,19,23H,7-8,13-15,22H2,(H,24,25)/t19-/m0/s1. The van der Waals surface area contributed by atoms with Gasteiger partial charge in [0.1, 0.15) is 5.82 Å². The van der Waals surface area contributed by atoms with E-state index in [0.29, 0.717) is 0 Å². The van der Waals surface area contributed by atoms with Crippen LogP contribution in [-0.2, 0) is 6.54 Å². The molecule has 0 saturated heterocycles. The topological polar surface area (TPSA) is 66.7 Å². The summed E-state index contributed by atoms with van der Waals surface area (Å²) in [6.45, 7) is 1.93. The lowest BCUT2D eigenvalue weighted by Crippen LogP contribution is -2.16. The molecule has 1 atom stereocenters. The van der Waals surface area contributed by atoms with E-state index in [2.05, 4.69) is 51.7 Å². The number of nitrogens with two attached hydrogens (primary N) is 1. The molecule has 0 aliphatic rings. The summed E-state index contributed by atoms with van der Waals surface area (Å²) in [6.07, 6.45) is 5.08. The molecule has 0 fully saturated rings. The number of H-pyrrole nitrogens is 1. The molecule has 0 radical (unpaired) electrons. The fourth-order valence-corrected chi connectivity index (χ4v) is 2.86. The molecule has 130 valence electrons. The van der Waals surface area contributed by atoms with Crippen LogP contribution in [-0.4, -0.2) is 16.5 Å². The summed E-state index contributed by atoms with van der Waals surface area (Å²) in [5.41, 5.74) is 9.67. The summed E-state index contributed by atoms with van der Waals surface area (Å²) in [6, 6.07) is 20.6. The summed E-state index contributed by atoms with van der Waals surface area (Å²) in [5.74, 6) is 0.871. The number of hydrogen-bond acceptors (Lipinski definition) is 3. The minimum absolute atomic E-state index is 0.0356. The Balaban J connectivity index is 1.37. The van der Waals surface area contributed by atoms with E-state index in [1.165, 1.54) is 5.56 Å². The molecular weight excluding hydrogens is 308 g/mol. The molecule has 0 bridgehead atoms. The van der Waals surface area contributed by atoms with Crippen molar-refractivity contribution in [2.24, 2.45) is 5.73 Å². The molecule has 2 aromatic carbocycles.